The van der Waals surface area contributed by atoms with Crippen LogP contribution in [0.5, 0.6) is 11.5 Å². The molecule has 0 saturated heterocycles. The van der Waals surface area contributed by atoms with Crippen LogP contribution in [0.1, 0.15) is 55.4 Å². The summed E-state index contributed by atoms with van der Waals surface area (Å²) >= 11 is 0. The largest absolute Gasteiger partial charge is 0.494 e. The molecule has 12 heteroatoms. The Bertz CT molecular complexity index is 1250. The van der Waals surface area contributed by atoms with Crippen molar-refractivity contribution >= 4 is 16.0 Å². The minimum Gasteiger partial charge on any atom is -0.494 e. The molecule has 4 rings (SSSR count). The molecule has 1 saturated carbocycles. The molecule has 1 fully saturated rings. The van der Waals surface area contributed by atoms with Gasteiger partial charge >= 0.3 is 0 Å². The van der Waals surface area contributed by atoms with E-state index in [1.807, 2.05) is 6.92 Å². The Hall–Kier alpha value is -3.25. The molecule has 2 atom stereocenters. The lowest BCUT2D eigenvalue weighted by Crippen LogP contribution is -2.33. The summed E-state index contributed by atoms with van der Waals surface area (Å²) in [5, 5.41) is 7.55. The van der Waals surface area contributed by atoms with Crippen molar-refractivity contribution in [2.24, 2.45) is 0 Å². The van der Waals surface area contributed by atoms with Gasteiger partial charge in [0.2, 0.25) is 16.0 Å². The fourth-order valence-electron chi connectivity index (χ4n) is 4.01. The number of sulfonamides is 1. The highest BCUT2D eigenvalue weighted by molar-refractivity contribution is 7.93. The Morgan fingerprint density at radius 3 is 2.20 bits per heavy atom. The maximum absolute atomic E-state index is 13.5. The number of hydrogen-bond acceptors (Lipinski definition) is 9. The van der Waals surface area contributed by atoms with Crippen molar-refractivity contribution in [2.75, 3.05) is 26.1 Å². The van der Waals surface area contributed by atoms with E-state index in [2.05, 4.69) is 24.9 Å². The van der Waals surface area contributed by atoms with E-state index in [4.69, 9.17) is 14.2 Å². The number of aryl methyl sites for hydroxylation is 1. The van der Waals surface area contributed by atoms with Crippen LogP contribution in [-0.4, -0.2) is 59.7 Å². The highest BCUT2D eigenvalue weighted by Crippen LogP contribution is 2.42. The number of methoxy groups -OCH3 is 3. The lowest BCUT2D eigenvalue weighted by Gasteiger charge is -2.27. The summed E-state index contributed by atoms with van der Waals surface area (Å²) in [7, 11) is 0.502. The van der Waals surface area contributed by atoms with E-state index in [1.165, 1.54) is 14.0 Å². The van der Waals surface area contributed by atoms with Gasteiger partial charge in [0.25, 0.3) is 0 Å². The number of hydrogen-bond donors (Lipinski definition) is 1. The summed E-state index contributed by atoms with van der Waals surface area (Å²) in [4.78, 5) is 8.51. The number of ether oxygens (including phenoxy) is 3. The normalized spacial score (nSPS) is 15.8. The van der Waals surface area contributed by atoms with Crippen LogP contribution >= 0.6 is 0 Å². The highest BCUT2D eigenvalue weighted by atomic mass is 32.2. The maximum Gasteiger partial charge on any atom is 0.243 e. The Kier molecular flexibility index (Phi) is 7.22. The number of benzene rings is 1. The Morgan fingerprint density at radius 2 is 1.69 bits per heavy atom. The molecule has 188 valence electrons. The van der Waals surface area contributed by atoms with Crippen LogP contribution in [0.3, 0.4) is 0 Å². The zero-order chi connectivity index (χ0) is 25.2. The molecule has 11 nitrogen and oxygen atoms in total. The van der Waals surface area contributed by atoms with Gasteiger partial charge in [0.1, 0.15) is 34.4 Å². The average molecular weight is 503 g/mol. The van der Waals surface area contributed by atoms with E-state index in [0.29, 0.717) is 23.0 Å². The van der Waals surface area contributed by atoms with Crippen molar-refractivity contribution in [1.82, 2.24) is 24.7 Å². The summed E-state index contributed by atoms with van der Waals surface area (Å²) in [6, 6.07) is 5.35. The van der Waals surface area contributed by atoms with Gasteiger partial charge in [-0.25, -0.2) is 18.4 Å². The SMILES string of the molecule is COc1cccc(OC)c1-n1c(NS(=O)(=O)[C@@H](C)[C@H](OC)c2ncc(C)cn2)nnc1C1CCC1. The Labute approximate surface area is 204 Å². The predicted octanol–water partition coefficient (Wildman–Crippen LogP) is 3.17. The molecule has 1 aliphatic rings. The smallest absolute Gasteiger partial charge is 0.243 e. The topological polar surface area (TPSA) is 130 Å². The minimum atomic E-state index is -4.01. The first-order valence-electron chi connectivity index (χ1n) is 11.3. The van der Waals surface area contributed by atoms with Gasteiger partial charge in [-0.1, -0.05) is 12.5 Å². The lowest BCUT2D eigenvalue weighted by molar-refractivity contribution is 0.0949. The monoisotopic (exact) mass is 502 g/mol. The Morgan fingerprint density at radius 1 is 1.06 bits per heavy atom. The van der Waals surface area contributed by atoms with Crippen molar-refractivity contribution in [1.29, 1.82) is 0 Å². The maximum atomic E-state index is 13.5. The lowest BCUT2D eigenvalue weighted by atomic mass is 9.85. The van der Waals surface area contributed by atoms with Crippen molar-refractivity contribution in [3.05, 3.63) is 47.8 Å². The van der Waals surface area contributed by atoms with Crippen molar-refractivity contribution < 1.29 is 22.6 Å². The van der Waals surface area contributed by atoms with Crippen molar-refractivity contribution in [3.8, 4) is 17.2 Å². The van der Waals surface area contributed by atoms with E-state index in [0.717, 1.165) is 24.8 Å². The van der Waals surface area contributed by atoms with Crippen LogP contribution < -0.4 is 14.2 Å². The molecule has 1 aromatic carbocycles. The molecule has 0 amide bonds. The number of para-hydroxylation sites is 1. The van der Waals surface area contributed by atoms with E-state index in [9.17, 15) is 8.42 Å². The quantitative estimate of drug-likeness (QED) is 0.444. The van der Waals surface area contributed by atoms with Gasteiger partial charge in [-0.2, -0.15) is 0 Å². The first kappa shape index (κ1) is 24.9. The van der Waals surface area contributed by atoms with Crippen LogP contribution in [0.4, 0.5) is 5.95 Å². The molecule has 35 heavy (non-hydrogen) atoms. The van der Waals surface area contributed by atoms with Crippen LogP contribution in [0.2, 0.25) is 0 Å². The minimum absolute atomic E-state index is 0.0428. The third-order valence-electron chi connectivity index (χ3n) is 6.24. The van der Waals surface area contributed by atoms with Crippen LogP contribution in [0.15, 0.2) is 30.6 Å². The first-order valence-corrected chi connectivity index (χ1v) is 12.8. The molecule has 3 aromatic rings. The molecular weight excluding hydrogens is 472 g/mol. The van der Waals surface area contributed by atoms with E-state index < -0.39 is 21.4 Å². The molecule has 1 N–H and O–H groups in total. The third-order valence-corrected chi connectivity index (χ3v) is 7.94. The summed E-state index contributed by atoms with van der Waals surface area (Å²) in [6.45, 7) is 3.39. The molecule has 2 heterocycles. The second-order valence-corrected chi connectivity index (χ2v) is 10.5. The molecule has 0 aliphatic heterocycles. The number of rotatable bonds is 10. The van der Waals surface area contributed by atoms with Gasteiger partial charge in [-0.3, -0.25) is 9.29 Å². The molecule has 0 radical (unpaired) electrons. The van der Waals surface area contributed by atoms with Gasteiger partial charge in [0, 0.05) is 25.4 Å². The fourth-order valence-corrected chi connectivity index (χ4v) is 5.14. The second kappa shape index (κ2) is 10.2. The Balaban J connectivity index is 1.76. The van der Waals surface area contributed by atoms with Crippen LogP contribution in [0, 0.1) is 6.92 Å². The summed E-state index contributed by atoms with van der Waals surface area (Å²) in [5.74, 6) is 2.12. The summed E-state index contributed by atoms with van der Waals surface area (Å²) in [6.07, 6.45) is 5.30. The zero-order valence-electron chi connectivity index (χ0n) is 20.4. The standard InChI is InChI=1S/C23H30N6O5S/c1-14-12-24-21(25-13-14)20(34-5)15(2)35(30,31)28-23-27-26-22(16-8-6-9-16)29(23)19-17(32-3)10-7-11-18(19)33-4/h7,10-13,15-16,20H,6,8-9H2,1-5H3,(H,27,28)/t15-,20-/m0/s1. The number of nitrogens with one attached hydrogen (secondary N) is 1. The van der Waals surface area contributed by atoms with Gasteiger partial charge < -0.3 is 14.2 Å². The van der Waals surface area contributed by atoms with Crippen LogP contribution in [0.25, 0.3) is 5.69 Å². The average Bonchev–Trinajstić information content (AvgIpc) is 3.20. The predicted molar refractivity (Wildman–Crippen MR) is 130 cm³/mol. The molecule has 0 bridgehead atoms. The first-order chi connectivity index (χ1) is 16.8. The van der Waals surface area contributed by atoms with E-state index in [1.54, 1.807) is 49.4 Å². The molecular formula is C23H30N6O5S. The third kappa shape index (κ3) is 4.80. The molecule has 0 unspecified atom stereocenters. The van der Waals surface area contributed by atoms with E-state index in [-0.39, 0.29) is 17.7 Å². The molecule has 1 aliphatic carbocycles. The van der Waals surface area contributed by atoms with Crippen molar-refractivity contribution in [2.45, 2.75) is 50.4 Å². The zero-order valence-corrected chi connectivity index (χ0v) is 21.2. The highest BCUT2D eigenvalue weighted by Gasteiger charge is 2.36. The van der Waals surface area contributed by atoms with Crippen LogP contribution in [-0.2, 0) is 14.8 Å². The number of nitrogens with zero attached hydrogens (tertiary/aromatic N) is 5. The second-order valence-electron chi connectivity index (χ2n) is 8.48. The van der Waals surface area contributed by atoms with Gasteiger partial charge in [0.15, 0.2) is 5.82 Å². The molecule has 2 aromatic heterocycles. The molecule has 0 spiro atoms. The summed E-state index contributed by atoms with van der Waals surface area (Å²) in [5.41, 5.74) is 1.39. The fraction of sp³-hybridized carbons (Fsp3) is 0.478. The number of anilines is 1. The van der Waals surface area contributed by atoms with Gasteiger partial charge in [-0.05, 0) is 44.4 Å². The van der Waals surface area contributed by atoms with E-state index >= 15 is 0 Å². The summed E-state index contributed by atoms with van der Waals surface area (Å²) < 4.78 is 48.0. The number of aromatic nitrogens is 5. The van der Waals surface area contributed by atoms with Crippen molar-refractivity contribution in [3.63, 3.8) is 0 Å². The van der Waals surface area contributed by atoms with Gasteiger partial charge in [-0.15, -0.1) is 10.2 Å². The van der Waals surface area contributed by atoms with Gasteiger partial charge in [0.05, 0.1) is 14.2 Å².